The number of ether oxygens (including phenoxy) is 1. The molecular weight excluding hydrogens is 282 g/mol. The lowest BCUT2D eigenvalue weighted by Gasteiger charge is -2.13. The van der Waals surface area contributed by atoms with Crippen LogP contribution in [0.4, 0.5) is 0 Å². The van der Waals surface area contributed by atoms with Crippen LogP contribution < -0.4 is 10.1 Å². The fourth-order valence-corrected chi connectivity index (χ4v) is 2.53. The molecule has 2 rings (SSSR count). The number of aliphatic hydroxyl groups is 2. The molecule has 1 unspecified atom stereocenters. The van der Waals surface area contributed by atoms with Gasteiger partial charge in [0.15, 0.2) is 6.61 Å². The molecule has 3 atom stereocenters. The zero-order valence-corrected chi connectivity index (χ0v) is 11.9. The Morgan fingerprint density at radius 3 is 2.65 bits per heavy atom. The summed E-state index contributed by atoms with van der Waals surface area (Å²) in [5.74, 6) is 0.335. The molecular formula is C14H18ClNO4. The third-order valence-electron chi connectivity index (χ3n) is 3.36. The number of halogens is 1. The van der Waals surface area contributed by atoms with Gasteiger partial charge in [-0.3, -0.25) is 4.79 Å². The summed E-state index contributed by atoms with van der Waals surface area (Å²) in [7, 11) is 0. The number of aryl methyl sites for hydroxylation is 1. The third kappa shape index (κ3) is 3.85. The van der Waals surface area contributed by atoms with Gasteiger partial charge in [-0.1, -0.05) is 11.6 Å². The fourth-order valence-electron chi connectivity index (χ4n) is 2.30. The van der Waals surface area contributed by atoms with E-state index < -0.39 is 12.2 Å². The molecule has 1 amide bonds. The number of nitrogens with one attached hydrogen (secondary N) is 1. The molecule has 1 aromatic rings. The lowest BCUT2D eigenvalue weighted by Crippen LogP contribution is -2.36. The maximum absolute atomic E-state index is 11.7. The molecule has 6 heteroatoms. The standard InChI is InChI=1S/C14H18ClNO4/c1-8-4-9(15)2-3-13(8)20-7-14(19)16-10-5-11(17)12(18)6-10/h2-4,10-12,17-18H,5-7H2,1H3,(H,16,19)/t10?,11-,12+. The van der Waals surface area contributed by atoms with Crippen LogP contribution in [0.5, 0.6) is 5.75 Å². The third-order valence-corrected chi connectivity index (χ3v) is 3.59. The smallest absolute Gasteiger partial charge is 0.258 e. The zero-order valence-electron chi connectivity index (χ0n) is 11.2. The van der Waals surface area contributed by atoms with Gasteiger partial charge in [0, 0.05) is 11.1 Å². The molecule has 20 heavy (non-hydrogen) atoms. The zero-order chi connectivity index (χ0) is 14.7. The van der Waals surface area contributed by atoms with E-state index in [1.807, 2.05) is 6.92 Å². The molecule has 0 bridgehead atoms. The molecule has 1 saturated carbocycles. The van der Waals surface area contributed by atoms with Crippen LogP contribution in [0.3, 0.4) is 0 Å². The summed E-state index contributed by atoms with van der Waals surface area (Å²) in [4.78, 5) is 11.7. The van der Waals surface area contributed by atoms with E-state index in [1.165, 1.54) is 0 Å². The van der Waals surface area contributed by atoms with Gasteiger partial charge in [-0.2, -0.15) is 0 Å². The maximum atomic E-state index is 11.7. The van der Waals surface area contributed by atoms with Crippen LogP contribution in [0.1, 0.15) is 18.4 Å². The number of carbonyl (C=O) groups excluding carboxylic acids is 1. The molecule has 1 aliphatic carbocycles. The SMILES string of the molecule is Cc1cc(Cl)ccc1OCC(=O)NC1C[C@@H](O)[C@@H](O)C1. The van der Waals surface area contributed by atoms with Crippen LogP contribution in [0.2, 0.25) is 5.02 Å². The van der Waals surface area contributed by atoms with Crippen LogP contribution in [0.25, 0.3) is 0 Å². The second-order valence-electron chi connectivity index (χ2n) is 5.07. The predicted octanol–water partition coefficient (Wildman–Crippen LogP) is 1.03. The van der Waals surface area contributed by atoms with E-state index in [9.17, 15) is 15.0 Å². The Balaban J connectivity index is 1.81. The lowest BCUT2D eigenvalue weighted by molar-refractivity contribution is -0.123. The summed E-state index contributed by atoms with van der Waals surface area (Å²) in [6.45, 7) is 1.74. The molecule has 0 saturated heterocycles. The number of benzene rings is 1. The highest BCUT2D eigenvalue weighted by Gasteiger charge is 2.32. The van der Waals surface area contributed by atoms with Gasteiger partial charge in [-0.05, 0) is 43.5 Å². The minimum Gasteiger partial charge on any atom is -0.484 e. The summed E-state index contributed by atoms with van der Waals surface area (Å²) in [6.07, 6.45) is -0.792. The van der Waals surface area contributed by atoms with E-state index >= 15 is 0 Å². The van der Waals surface area contributed by atoms with Crippen molar-refractivity contribution in [3.8, 4) is 5.75 Å². The molecule has 0 aliphatic heterocycles. The highest BCUT2D eigenvalue weighted by molar-refractivity contribution is 6.30. The van der Waals surface area contributed by atoms with E-state index in [1.54, 1.807) is 18.2 Å². The fraction of sp³-hybridized carbons (Fsp3) is 0.500. The largest absolute Gasteiger partial charge is 0.484 e. The Morgan fingerprint density at radius 1 is 1.40 bits per heavy atom. The van der Waals surface area contributed by atoms with Gasteiger partial charge in [-0.25, -0.2) is 0 Å². The van der Waals surface area contributed by atoms with Crippen molar-refractivity contribution in [3.05, 3.63) is 28.8 Å². The van der Waals surface area contributed by atoms with E-state index in [4.69, 9.17) is 16.3 Å². The van der Waals surface area contributed by atoms with Gasteiger partial charge in [-0.15, -0.1) is 0 Å². The maximum Gasteiger partial charge on any atom is 0.258 e. The van der Waals surface area contributed by atoms with Crippen molar-refractivity contribution in [2.75, 3.05) is 6.61 Å². The summed E-state index contributed by atoms with van der Waals surface area (Å²) in [6, 6.07) is 4.97. The van der Waals surface area contributed by atoms with Crippen LogP contribution in [0.15, 0.2) is 18.2 Å². The van der Waals surface area contributed by atoms with E-state index in [0.29, 0.717) is 23.6 Å². The summed E-state index contributed by atoms with van der Waals surface area (Å²) in [5.41, 5.74) is 0.858. The summed E-state index contributed by atoms with van der Waals surface area (Å²) in [5, 5.41) is 22.2. The summed E-state index contributed by atoms with van der Waals surface area (Å²) >= 11 is 5.84. The number of hydrogen-bond acceptors (Lipinski definition) is 4. The van der Waals surface area contributed by atoms with Crippen LogP contribution in [0, 0.1) is 6.92 Å². The Bertz CT molecular complexity index is 484. The van der Waals surface area contributed by atoms with Gasteiger partial charge >= 0.3 is 0 Å². The molecule has 0 spiro atoms. The first kappa shape index (κ1) is 15.1. The number of aliphatic hydroxyl groups excluding tert-OH is 2. The topological polar surface area (TPSA) is 78.8 Å². The number of hydrogen-bond donors (Lipinski definition) is 3. The minimum atomic E-state index is -0.764. The van der Waals surface area contributed by atoms with Crippen molar-refractivity contribution in [1.29, 1.82) is 0 Å². The Kier molecular flexibility index (Phi) is 4.86. The van der Waals surface area contributed by atoms with Gasteiger partial charge < -0.3 is 20.3 Å². The summed E-state index contributed by atoms with van der Waals surface area (Å²) < 4.78 is 5.42. The monoisotopic (exact) mass is 299 g/mol. The molecule has 5 nitrogen and oxygen atoms in total. The van der Waals surface area contributed by atoms with Crippen molar-refractivity contribution >= 4 is 17.5 Å². The number of carbonyl (C=O) groups is 1. The van der Waals surface area contributed by atoms with Gasteiger partial charge in [0.2, 0.25) is 0 Å². The molecule has 1 fully saturated rings. The average Bonchev–Trinajstić information content (AvgIpc) is 2.67. The molecule has 1 aromatic carbocycles. The van der Waals surface area contributed by atoms with E-state index in [-0.39, 0.29) is 18.6 Å². The van der Waals surface area contributed by atoms with Gasteiger partial charge in [0.05, 0.1) is 12.2 Å². The van der Waals surface area contributed by atoms with Crippen molar-refractivity contribution in [2.24, 2.45) is 0 Å². The number of amides is 1. The Morgan fingerprint density at radius 2 is 2.05 bits per heavy atom. The normalized spacial score (nSPS) is 25.5. The van der Waals surface area contributed by atoms with E-state index in [0.717, 1.165) is 5.56 Å². The van der Waals surface area contributed by atoms with Crippen LogP contribution in [-0.4, -0.2) is 41.0 Å². The second kappa shape index (κ2) is 6.43. The van der Waals surface area contributed by atoms with Crippen molar-refractivity contribution in [3.63, 3.8) is 0 Å². The molecule has 3 N–H and O–H groups in total. The van der Waals surface area contributed by atoms with Gasteiger partial charge in [0.1, 0.15) is 5.75 Å². The predicted molar refractivity (Wildman–Crippen MR) is 74.9 cm³/mol. The van der Waals surface area contributed by atoms with Crippen LogP contribution in [-0.2, 0) is 4.79 Å². The highest BCUT2D eigenvalue weighted by Crippen LogP contribution is 2.22. The Labute approximate surface area is 122 Å². The van der Waals surface area contributed by atoms with Gasteiger partial charge in [0.25, 0.3) is 5.91 Å². The van der Waals surface area contributed by atoms with Crippen molar-refractivity contribution in [1.82, 2.24) is 5.32 Å². The first-order chi connectivity index (χ1) is 9.45. The first-order valence-corrected chi connectivity index (χ1v) is 6.88. The molecule has 1 aliphatic rings. The molecule has 110 valence electrons. The second-order valence-corrected chi connectivity index (χ2v) is 5.51. The van der Waals surface area contributed by atoms with E-state index in [2.05, 4.69) is 5.32 Å². The average molecular weight is 300 g/mol. The molecule has 0 aromatic heterocycles. The lowest BCUT2D eigenvalue weighted by atomic mass is 10.2. The van der Waals surface area contributed by atoms with Crippen molar-refractivity contribution in [2.45, 2.75) is 38.0 Å². The van der Waals surface area contributed by atoms with Crippen LogP contribution >= 0.6 is 11.6 Å². The van der Waals surface area contributed by atoms with Crippen molar-refractivity contribution < 1.29 is 19.7 Å². The minimum absolute atomic E-state index is 0.106. The number of rotatable bonds is 4. The highest BCUT2D eigenvalue weighted by atomic mass is 35.5. The first-order valence-electron chi connectivity index (χ1n) is 6.50. The molecule has 0 radical (unpaired) electrons. The quantitative estimate of drug-likeness (QED) is 0.776. The molecule has 0 heterocycles. The Hall–Kier alpha value is -1.30.